The van der Waals surface area contributed by atoms with Crippen LogP contribution in [0.1, 0.15) is 6.42 Å². The van der Waals surface area contributed by atoms with Crippen molar-refractivity contribution in [3.8, 4) is 5.75 Å². The molecule has 0 saturated heterocycles. The van der Waals surface area contributed by atoms with E-state index in [2.05, 4.69) is 5.10 Å². The average Bonchev–Trinajstić information content (AvgIpc) is 2.83. The zero-order valence-corrected chi connectivity index (χ0v) is 11.8. The molecule has 8 nitrogen and oxygen atoms in total. The Hall–Kier alpha value is -3.03. The fraction of sp³-hybridized carbons (Fsp3) is 0.214. The van der Waals surface area contributed by atoms with E-state index in [1.54, 1.807) is 17.9 Å². The molecule has 3 aromatic rings. The predicted molar refractivity (Wildman–Crippen MR) is 80.8 cm³/mol. The number of nitrogens with zero attached hydrogens (tertiary/aromatic N) is 2. The maximum Gasteiger partial charge on any atom is 0.262 e. The number of aromatic nitrogens is 3. The summed E-state index contributed by atoms with van der Waals surface area (Å²) in [7, 11) is 1.72. The Bertz CT molecular complexity index is 1030. The Balaban J connectivity index is 2.48. The molecule has 0 spiro atoms. The molecule has 0 saturated carbocycles. The molecule has 0 aliphatic rings. The third kappa shape index (κ3) is 1.96. The van der Waals surface area contributed by atoms with Crippen molar-refractivity contribution < 1.29 is 9.90 Å². The highest BCUT2D eigenvalue weighted by molar-refractivity contribution is 6.03. The van der Waals surface area contributed by atoms with Crippen molar-refractivity contribution in [2.75, 3.05) is 0 Å². The van der Waals surface area contributed by atoms with E-state index in [1.165, 1.54) is 16.7 Å². The van der Waals surface area contributed by atoms with Crippen molar-refractivity contribution in [2.24, 2.45) is 12.8 Å². The van der Waals surface area contributed by atoms with Gasteiger partial charge in [0.15, 0.2) is 5.75 Å². The van der Waals surface area contributed by atoms with Crippen LogP contribution in [-0.2, 0) is 18.4 Å². The number of primary amides is 1. The molecule has 0 unspecified atom stereocenters. The second-order valence-corrected chi connectivity index (χ2v) is 5.10. The number of phenolic OH excluding ortho intramolecular Hbond substituents is 1. The van der Waals surface area contributed by atoms with Gasteiger partial charge in [0.1, 0.15) is 0 Å². The van der Waals surface area contributed by atoms with E-state index in [0.29, 0.717) is 21.8 Å². The van der Waals surface area contributed by atoms with Crippen LogP contribution in [0.3, 0.4) is 0 Å². The van der Waals surface area contributed by atoms with Crippen LogP contribution in [-0.4, -0.2) is 25.4 Å². The lowest BCUT2D eigenvalue weighted by atomic mass is 10.1. The molecule has 3 rings (SSSR count). The summed E-state index contributed by atoms with van der Waals surface area (Å²) in [5.74, 6) is -0.934. The minimum absolute atomic E-state index is 0.0217. The van der Waals surface area contributed by atoms with E-state index in [-0.39, 0.29) is 18.5 Å². The standard InChI is InChI=1S/C14H14N4O4/c1-17-13-7-4-10(19)11(20)5-9(7)18(3-2-12(15)21)14(22)8(13)6-16-17/h4-6,16,19H,2-3H2,1H3,(H2,15,21). The number of hydrogen-bond acceptors (Lipinski definition) is 4. The molecule has 2 heterocycles. The SMILES string of the molecule is Cn1[nH]cc2c(=O)n(CCC(N)=O)c3cc(=O)c(O)cc3c21. The molecule has 0 aliphatic heterocycles. The number of pyridine rings is 1. The third-order valence-corrected chi connectivity index (χ3v) is 3.67. The normalized spacial score (nSPS) is 11.3. The number of carbonyl (C=O) groups is 1. The van der Waals surface area contributed by atoms with Crippen molar-refractivity contribution in [2.45, 2.75) is 13.0 Å². The van der Waals surface area contributed by atoms with Gasteiger partial charge in [0.25, 0.3) is 5.56 Å². The van der Waals surface area contributed by atoms with Gasteiger partial charge in [0, 0.05) is 37.7 Å². The zero-order valence-electron chi connectivity index (χ0n) is 11.8. The number of H-pyrrole nitrogens is 1. The molecule has 4 N–H and O–H groups in total. The summed E-state index contributed by atoms with van der Waals surface area (Å²) in [6, 6.07) is 2.52. The van der Waals surface area contributed by atoms with Crippen LogP contribution in [0.15, 0.2) is 27.9 Å². The van der Waals surface area contributed by atoms with Crippen molar-refractivity contribution >= 4 is 27.7 Å². The quantitative estimate of drug-likeness (QED) is 0.618. The maximum atomic E-state index is 12.6. The summed E-state index contributed by atoms with van der Waals surface area (Å²) in [6.45, 7) is 0.0692. The Morgan fingerprint density at radius 2 is 2.05 bits per heavy atom. The van der Waals surface area contributed by atoms with E-state index in [0.717, 1.165) is 0 Å². The van der Waals surface area contributed by atoms with E-state index in [9.17, 15) is 19.5 Å². The number of hydrogen-bond donors (Lipinski definition) is 3. The van der Waals surface area contributed by atoms with Gasteiger partial charge in [-0.15, -0.1) is 0 Å². The Labute approximate surface area is 123 Å². The number of carbonyl (C=O) groups excluding carboxylic acids is 1. The van der Waals surface area contributed by atoms with Crippen molar-refractivity contribution in [3.63, 3.8) is 0 Å². The lowest BCUT2D eigenvalue weighted by molar-refractivity contribution is -0.118. The number of fused-ring (bicyclic) bond motifs is 3. The van der Waals surface area contributed by atoms with Gasteiger partial charge in [-0.1, -0.05) is 0 Å². The summed E-state index contributed by atoms with van der Waals surface area (Å²) in [6.07, 6.45) is 1.52. The summed E-state index contributed by atoms with van der Waals surface area (Å²) in [4.78, 5) is 35.3. The third-order valence-electron chi connectivity index (χ3n) is 3.67. The van der Waals surface area contributed by atoms with Crippen molar-refractivity contribution in [3.05, 3.63) is 38.9 Å². The predicted octanol–water partition coefficient (Wildman–Crippen LogP) is -0.237. The summed E-state index contributed by atoms with van der Waals surface area (Å²) >= 11 is 0. The maximum absolute atomic E-state index is 12.6. The van der Waals surface area contributed by atoms with Crippen LogP contribution in [0.2, 0.25) is 0 Å². The summed E-state index contributed by atoms with van der Waals surface area (Å²) in [5, 5.41) is 13.5. The molecule has 0 radical (unpaired) electrons. The molecule has 114 valence electrons. The highest BCUT2D eigenvalue weighted by Crippen LogP contribution is 2.23. The minimum atomic E-state index is -0.586. The Morgan fingerprint density at radius 3 is 2.73 bits per heavy atom. The van der Waals surface area contributed by atoms with E-state index < -0.39 is 17.1 Å². The fourth-order valence-corrected chi connectivity index (χ4v) is 2.63. The number of amides is 1. The van der Waals surface area contributed by atoms with Crippen molar-refractivity contribution in [1.82, 2.24) is 14.3 Å². The highest BCUT2D eigenvalue weighted by atomic mass is 16.3. The first kappa shape index (κ1) is 13.9. The minimum Gasteiger partial charge on any atom is -0.504 e. The highest BCUT2D eigenvalue weighted by Gasteiger charge is 2.16. The van der Waals surface area contributed by atoms with Gasteiger partial charge in [-0.05, 0) is 6.07 Å². The summed E-state index contributed by atoms with van der Waals surface area (Å²) in [5.41, 5.74) is 5.16. The number of aromatic amines is 1. The first-order valence-corrected chi connectivity index (χ1v) is 6.62. The number of nitrogens with two attached hydrogens (primary N) is 1. The van der Waals surface area contributed by atoms with E-state index in [1.807, 2.05) is 0 Å². The van der Waals surface area contributed by atoms with Gasteiger partial charge in [0.2, 0.25) is 11.3 Å². The first-order chi connectivity index (χ1) is 10.4. The first-order valence-electron chi connectivity index (χ1n) is 6.62. The number of aromatic hydroxyl groups is 1. The smallest absolute Gasteiger partial charge is 0.262 e. The molecule has 0 atom stereocenters. The van der Waals surface area contributed by atoms with Crippen LogP contribution < -0.4 is 16.7 Å². The fourth-order valence-electron chi connectivity index (χ4n) is 2.63. The second-order valence-electron chi connectivity index (χ2n) is 5.10. The molecule has 0 aliphatic carbocycles. The van der Waals surface area contributed by atoms with Crippen LogP contribution in [0.4, 0.5) is 0 Å². The molecule has 1 aromatic carbocycles. The Kier molecular flexibility index (Phi) is 3.01. The monoisotopic (exact) mass is 302 g/mol. The van der Waals surface area contributed by atoms with Crippen LogP contribution in [0.5, 0.6) is 5.75 Å². The lowest BCUT2D eigenvalue weighted by Crippen LogP contribution is -2.24. The lowest BCUT2D eigenvalue weighted by Gasteiger charge is -2.11. The zero-order chi connectivity index (χ0) is 16.0. The number of phenols is 1. The van der Waals surface area contributed by atoms with Gasteiger partial charge in [-0.2, -0.15) is 0 Å². The van der Waals surface area contributed by atoms with Gasteiger partial charge in [-0.25, -0.2) is 0 Å². The number of aryl methyl sites for hydroxylation is 2. The van der Waals surface area contributed by atoms with Crippen LogP contribution in [0.25, 0.3) is 21.8 Å². The van der Waals surface area contributed by atoms with E-state index in [4.69, 9.17) is 5.73 Å². The van der Waals surface area contributed by atoms with Gasteiger partial charge < -0.3 is 20.5 Å². The number of rotatable bonds is 3. The number of benzene rings is 1. The second kappa shape index (κ2) is 4.76. The molecular formula is C14H14N4O4. The number of nitrogens with one attached hydrogen (secondary N) is 1. The molecule has 2 aromatic heterocycles. The van der Waals surface area contributed by atoms with Gasteiger partial charge >= 0.3 is 0 Å². The molecular weight excluding hydrogens is 288 g/mol. The van der Waals surface area contributed by atoms with Crippen LogP contribution >= 0.6 is 0 Å². The molecule has 0 fully saturated rings. The topological polar surface area (TPSA) is 123 Å². The summed E-state index contributed by atoms with van der Waals surface area (Å²) < 4.78 is 2.96. The molecule has 22 heavy (non-hydrogen) atoms. The largest absolute Gasteiger partial charge is 0.504 e. The van der Waals surface area contributed by atoms with E-state index >= 15 is 0 Å². The van der Waals surface area contributed by atoms with Crippen molar-refractivity contribution in [1.29, 1.82) is 0 Å². The van der Waals surface area contributed by atoms with Gasteiger partial charge in [0.05, 0.1) is 16.4 Å². The molecule has 0 bridgehead atoms. The van der Waals surface area contributed by atoms with Crippen LogP contribution in [0, 0.1) is 0 Å². The average molecular weight is 302 g/mol. The van der Waals surface area contributed by atoms with Gasteiger partial charge in [-0.3, -0.25) is 19.1 Å². The molecule has 1 amide bonds. The Morgan fingerprint density at radius 1 is 1.32 bits per heavy atom. The molecule has 8 heteroatoms.